The molecule has 7 nitrogen and oxygen atoms in total. The van der Waals surface area contributed by atoms with Gasteiger partial charge in [-0.2, -0.15) is 5.10 Å². The zero-order valence-electron chi connectivity index (χ0n) is 17.9. The van der Waals surface area contributed by atoms with Gasteiger partial charge in [-0.1, -0.05) is 12.1 Å². The number of Topliss-reactive ketones (excluding diaryl/α,β-unsaturated/α-hetero) is 1. The molecule has 3 aliphatic rings. The molecule has 1 amide bonds. The van der Waals surface area contributed by atoms with Gasteiger partial charge < -0.3 is 14.2 Å². The molecule has 1 aromatic carbocycles. The van der Waals surface area contributed by atoms with Crippen LogP contribution in [0.3, 0.4) is 0 Å². The van der Waals surface area contributed by atoms with Crippen LogP contribution in [-0.4, -0.2) is 46.3 Å². The van der Waals surface area contributed by atoms with Crippen molar-refractivity contribution in [2.75, 3.05) is 11.4 Å². The van der Waals surface area contributed by atoms with Gasteiger partial charge in [0.2, 0.25) is 0 Å². The first-order chi connectivity index (χ1) is 14.2. The van der Waals surface area contributed by atoms with E-state index in [2.05, 4.69) is 5.10 Å². The van der Waals surface area contributed by atoms with E-state index in [1.807, 2.05) is 45.9 Å². The van der Waals surface area contributed by atoms with E-state index in [0.29, 0.717) is 30.9 Å². The number of hydrogen-bond donors (Lipinski definition) is 0. The minimum absolute atomic E-state index is 0.0534. The van der Waals surface area contributed by atoms with Crippen molar-refractivity contribution in [3.8, 4) is 0 Å². The van der Waals surface area contributed by atoms with Crippen LogP contribution in [0.25, 0.3) is 0 Å². The van der Waals surface area contributed by atoms with Crippen LogP contribution < -0.4 is 10.4 Å². The number of benzene rings is 1. The Morgan fingerprint density at radius 2 is 1.83 bits per heavy atom. The number of aromatic nitrogens is 2. The fourth-order valence-electron chi connectivity index (χ4n) is 4.44. The second kappa shape index (κ2) is 6.52. The summed E-state index contributed by atoms with van der Waals surface area (Å²) in [4.78, 5) is 27.1. The number of carbonyl (C=O) groups is 2. The first kappa shape index (κ1) is 19.5. The Morgan fingerprint density at radius 3 is 2.53 bits per heavy atom. The lowest BCUT2D eigenvalue weighted by Crippen LogP contribution is -2.41. The van der Waals surface area contributed by atoms with Crippen molar-refractivity contribution in [3.05, 3.63) is 41.2 Å². The molecule has 0 spiro atoms. The third kappa shape index (κ3) is 2.85. The number of carbonyl (C=O) groups excluding carboxylic acids is 2. The molecule has 0 radical (unpaired) electrons. The zero-order valence-corrected chi connectivity index (χ0v) is 17.9. The quantitative estimate of drug-likeness (QED) is 0.715. The third-order valence-corrected chi connectivity index (χ3v) is 6.87. The van der Waals surface area contributed by atoms with Gasteiger partial charge in [0.1, 0.15) is 5.69 Å². The Morgan fingerprint density at radius 1 is 1.10 bits per heavy atom. The summed E-state index contributed by atoms with van der Waals surface area (Å²) in [6.45, 7) is 9.39. The molecule has 1 fully saturated rings. The standard InChI is InChI=1S/C22H26BN3O4/c1-21(2)22(3,4)30-23(29-21)15-7-5-8-17-14(15)10-12-25(17)20(28)16-13-18-19(27)9-6-11-26(18)24-16/h5,7-8,13H,6,9-12H2,1-4H3. The first-order valence-electron chi connectivity index (χ1n) is 10.6. The molecule has 4 heterocycles. The number of rotatable bonds is 2. The van der Waals surface area contributed by atoms with Crippen LogP contribution in [-0.2, 0) is 22.3 Å². The minimum Gasteiger partial charge on any atom is -0.399 e. The summed E-state index contributed by atoms with van der Waals surface area (Å²) in [6.07, 6.45) is 2.02. The molecule has 156 valence electrons. The SMILES string of the molecule is CC1(C)OB(c2cccc3c2CCN3C(=O)c2cc3n(n2)CCCC3=O)OC1(C)C. The van der Waals surface area contributed by atoms with Crippen molar-refractivity contribution in [1.29, 1.82) is 0 Å². The van der Waals surface area contributed by atoms with Gasteiger partial charge in [-0.05, 0) is 57.6 Å². The van der Waals surface area contributed by atoms with Gasteiger partial charge in [-0.25, -0.2) is 0 Å². The van der Waals surface area contributed by atoms with Crippen LogP contribution in [0.1, 0.15) is 67.1 Å². The number of aryl methyl sites for hydroxylation is 1. The van der Waals surface area contributed by atoms with E-state index in [1.165, 1.54) is 0 Å². The summed E-state index contributed by atoms with van der Waals surface area (Å²) in [7, 11) is -0.461. The molecule has 0 aliphatic carbocycles. The van der Waals surface area contributed by atoms with Crippen LogP contribution in [0.5, 0.6) is 0 Å². The molecule has 1 saturated heterocycles. The molecule has 0 bridgehead atoms. The maximum absolute atomic E-state index is 13.2. The summed E-state index contributed by atoms with van der Waals surface area (Å²) in [6, 6.07) is 7.55. The van der Waals surface area contributed by atoms with Crippen molar-refractivity contribution in [2.24, 2.45) is 0 Å². The van der Waals surface area contributed by atoms with Gasteiger partial charge in [0, 0.05) is 31.3 Å². The molecule has 0 N–H and O–H groups in total. The average Bonchev–Trinajstić information content (AvgIpc) is 3.36. The van der Waals surface area contributed by atoms with Crippen molar-refractivity contribution >= 4 is 30.0 Å². The second-order valence-corrected chi connectivity index (χ2v) is 9.30. The van der Waals surface area contributed by atoms with E-state index in [-0.39, 0.29) is 11.7 Å². The van der Waals surface area contributed by atoms with Crippen LogP contribution in [0.2, 0.25) is 0 Å². The van der Waals surface area contributed by atoms with Crippen LogP contribution in [0.4, 0.5) is 5.69 Å². The normalized spacial score (nSPS) is 21.7. The molecule has 5 rings (SSSR count). The van der Waals surface area contributed by atoms with Crippen molar-refractivity contribution < 1.29 is 18.9 Å². The summed E-state index contributed by atoms with van der Waals surface area (Å²) in [5.74, 6) is -0.118. The lowest BCUT2D eigenvalue weighted by molar-refractivity contribution is 0.00578. The summed E-state index contributed by atoms with van der Waals surface area (Å²) in [5, 5.41) is 4.41. The van der Waals surface area contributed by atoms with E-state index < -0.39 is 18.3 Å². The molecule has 0 unspecified atom stereocenters. The van der Waals surface area contributed by atoms with Crippen LogP contribution in [0.15, 0.2) is 24.3 Å². The predicted octanol–water partition coefficient (Wildman–Crippen LogP) is 2.36. The molecule has 30 heavy (non-hydrogen) atoms. The fourth-order valence-corrected chi connectivity index (χ4v) is 4.44. The van der Waals surface area contributed by atoms with E-state index in [0.717, 1.165) is 29.6 Å². The largest absolute Gasteiger partial charge is 0.495 e. The zero-order chi connectivity index (χ0) is 21.3. The molecule has 2 aromatic rings. The van der Waals surface area contributed by atoms with Crippen LogP contribution in [0, 0.1) is 0 Å². The highest BCUT2D eigenvalue weighted by Crippen LogP contribution is 2.38. The lowest BCUT2D eigenvalue weighted by Gasteiger charge is -2.32. The Labute approximate surface area is 176 Å². The number of fused-ring (bicyclic) bond motifs is 2. The Balaban J connectivity index is 1.45. The first-order valence-corrected chi connectivity index (χ1v) is 10.6. The van der Waals surface area contributed by atoms with E-state index >= 15 is 0 Å². The van der Waals surface area contributed by atoms with Crippen LogP contribution >= 0.6 is 0 Å². The monoisotopic (exact) mass is 407 g/mol. The van der Waals surface area contributed by atoms with E-state index in [4.69, 9.17) is 9.31 Å². The highest BCUT2D eigenvalue weighted by Gasteiger charge is 2.52. The molecule has 8 heteroatoms. The Hall–Kier alpha value is -2.45. The second-order valence-electron chi connectivity index (χ2n) is 9.30. The predicted molar refractivity (Wildman–Crippen MR) is 113 cm³/mol. The van der Waals surface area contributed by atoms with Gasteiger partial charge in [-0.3, -0.25) is 14.3 Å². The van der Waals surface area contributed by atoms with E-state index in [9.17, 15) is 9.59 Å². The van der Waals surface area contributed by atoms with E-state index in [1.54, 1.807) is 15.6 Å². The van der Waals surface area contributed by atoms with Gasteiger partial charge in [0.25, 0.3) is 5.91 Å². The van der Waals surface area contributed by atoms with Gasteiger partial charge >= 0.3 is 7.12 Å². The molecule has 0 saturated carbocycles. The molecular weight excluding hydrogens is 381 g/mol. The number of hydrogen-bond acceptors (Lipinski definition) is 5. The maximum Gasteiger partial charge on any atom is 0.495 e. The number of ketones is 1. The summed E-state index contributed by atoms with van der Waals surface area (Å²) in [5.41, 5.74) is 2.94. The topological polar surface area (TPSA) is 73.7 Å². The highest BCUT2D eigenvalue weighted by atomic mass is 16.7. The van der Waals surface area contributed by atoms with Gasteiger partial charge in [0.05, 0.1) is 11.2 Å². The molecule has 3 aliphatic heterocycles. The summed E-state index contributed by atoms with van der Waals surface area (Å²) >= 11 is 0. The van der Waals surface area contributed by atoms with Crippen molar-refractivity contribution in [1.82, 2.24) is 9.78 Å². The average molecular weight is 407 g/mol. The van der Waals surface area contributed by atoms with Crippen molar-refractivity contribution in [3.63, 3.8) is 0 Å². The minimum atomic E-state index is -0.461. The summed E-state index contributed by atoms with van der Waals surface area (Å²) < 4.78 is 14.2. The lowest BCUT2D eigenvalue weighted by atomic mass is 9.75. The fraction of sp³-hybridized carbons (Fsp3) is 0.500. The number of amides is 1. The molecular formula is C22H26BN3O4. The van der Waals surface area contributed by atoms with Gasteiger partial charge in [0.15, 0.2) is 11.5 Å². The highest BCUT2D eigenvalue weighted by molar-refractivity contribution is 6.63. The Bertz CT molecular complexity index is 1040. The van der Waals surface area contributed by atoms with Gasteiger partial charge in [-0.15, -0.1) is 0 Å². The Kier molecular flexibility index (Phi) is 4.24. The number of nitrogens with zero attached hydrogens (tertiary/aromatic N) is 3. The number of anilines is 1. The molecule has 1 aromatic heterocycles. The smallest absolute Gasteiger partial charge is 0.399 e. The van der Waals surface area contributed by atoms with Crippen molar-refractivity contribution in [2.45, 2.75) is 64.7 Å². The maximum atomic E-state index is 13.2. The molecule has 0 atom stereocenters. The third-order valence-electron chi connectivity index (χ3n) is 6.87.